The highest BCUT2D eigenvalue weighted by atomic mass is 35.5. The van der Waals surface area contributed by atoms with Crippen molar-refractivity contribution in [2.45, 2.75) is 9.10 Å². The molecule has 1 amide bonds. The van der Waals surface area contributed by atoms with E-state index in [1.165, 1.54) is 52.8 Å². The minimum absolute atomic E-state index is 0.0117. The van der Waals surface area contributed by atoms with E-state index in [4.69, 9.17) is 16.3 Å². The summed E-state index contributed by atoms with van der Waals surface area (Å²) in [6.07, 6.45) is 0. The van der Waals surface area contributed by atoms with E-state index in [1.54, 1.807) is 11.4 Å². The van der Waals surface area contributed by atoms with Crippen LogP contribution >= 0.6 is 22.9 Å². The van der Waals surface area contributed by atoms with Gasteiger partial charge in [0.25, 0.3) is 15.9 Å². The van der Waals surface area contributed by atoms with E-state index in [0.717, 1.165) is 11.3 Å². The maximum absolute atomic E-state index is 12.9. The highest BCUT2D eigenvalue weighted by molar-refractivity contribution is 7.94. The maximum Gasteiger partial charge on any atom is 0.271 e. The highest BCUT2D eigenvalue weighted by Crippen LogP contribution is 2.27. The van der Waals surface area contributed by atoms with Gasteiger partial charge in [0, 0.05) is 23.8 Å². The zero-order valence-electron chi connectivity index (χ0n) is 17.6. The normalized spacial score (nSPS) is 15.1. The van der Waals surface area contributed by atoms with Crippen LogP contribution in [0.4, 0.5) is 11.4 Å². The Bertz CT molecular complexity index is 1390. The quantitative estimate of drug-likeness (QED) is 0.472. The van der Waals surface area contributed by atoms with Crippen LogP contribution in [0.2, 0.25) is 5.02 Å². The third kappa shape index (κ3) is 5.43. The molecular formula is C21H20ClN3O6S3. The molecule has 1 aliphatic heterocycles. The number of halogens is 1. The number of amides is 1. The molecule has 0 bridgehead atoms. The number of carbonyl (C=O) groups excluding carboxylic acids is 1. The van der Waals surface area contributed by atoms with Gasteiger partial charge in [-0.2, -0.15) is 4.31 Å². The average Bonchev–Trinajstić information content (AvgIpc) is 3.37. The van der Waals surface area contributed by atoms with Gasteiger partial charge in [0.15, 0.2) is 0 Å². The maximum atomic E-state index is 12.9. The van der Waals surface area contributed by atoms with Crippen LogP contribution in [0, 0.1) is 0 Å². The number of carbonyl (C=O) groups is 1. The second-order valence-corrected chi connectivity index (χ2v) is 12.5. The number of morpholine rings is 1. The third-order valence-corrected chi connectivity index (χ3v) is 9.86. The third-order valence-electron chi connectivity index (χ3n) is 4.95. The Morgan fingerprint density at radius 3 is 2.35 bits per heavy atom. The van der Waals surface area contributed by atoms with Crippen molar-refractivity contribution in [3.8, 4) is 0 Å². The summed E-state index contributed by atoms with van der Waals surface area (Å²) in [5.74, 6) is -0.616. The van der Waals surface area contributed by atoms with Gasteiger partial charge in [-0.1, -0.05) is 17.7 Å². The Morgan fingerprint density at radius 2 is 1.71 bits per heavy atom. The first-order valence-corrected chi connectivity index (χ1v) is 14.2. The van der Waals surface area contributed by atoms with Gasteiger partial charge in [-0.3, -0.25) is 9.52 Å². The van der Waals surface area contributed by atoms with Crippen LogP contribution < -0.4 is 10.0 Å². The van der Waals surface area contributed by atoms with Crippen molar-refractivity contribution in [3.63, 3.8) is 0 Å². The minimum Gasteiger partial charge on any atom is -0.379 e. The Hall–Kier alpha value is -2.48. The molecule has 2 aromatic carbocycles. The van der Waals surface area contributed by atoms with E-state index >= 15 is 0 Å². The Morgan fingerprint density at radius 1 is 1.00 bits per heavy atom. The lowest BCUT2D eigenvalue weighted by atomic mass is 10.1. The lowest BCUT2D eigenvalue weighted by molar-refractivity contribution is 0.0730. The van der Waals surface area contributed by atoms with E-state index in [-0.39, 0.29) is 38.5 Å². The molecule has 0 spiro atoms. The molecule has 1 aliphatic rings. The van der Waals surface area contributed by atoms with E-state index in [1.807, 2.05) is 0 Å². The first-order valence-electron chi connectivity index (χ1n) is 10.0. The zero-order chi connectivity index (χ0) is 24.3. The van der Waals surface area contributed by atoms with Crippen molar-refractivity contribution >= 4 is 60.3 Å². The number of sulfonamides is 2. The molecule has 0 unspecified atom stereocenters. The molecule has 34 heavy (non-hydrogen) atoms. The molecule has 2 heterocycles. The second kappa shape index (κ2) is 10.0. The lowest BCUT2D eigenvalue weighted by Crippen LogP contribution is -2.40. The van der Waals surface area contributed by atoms with Gasteiger partial charge in [-0.25, -0.2) is 16.8 Å². The molecule has 4 rings (SSSR count). The van der Waals surface area contributed by atoms with E-state index in [9.17, 15) is 21.6 Å². The van der Waals surface area contributed by atoms with Gasteiger partial charge < -0.3 is 10.1 Å². The summed E-state index contributed by atoms with van der Waals surface area (Å²) in [4.78, 5) is 13.0. The Kier molecular flexibility index (Phi) is 7.26. The fourth-order valence-corrected chi connectivity index (χ4v) is 6.90. The molecule has 2 N–H and O–H groups in total. The zero-order valence-corrected chi connectivity index (χ0v) is 20.8. The molecular weight excluding hydrogens is 522 g/mol. The number of nitrogens with zero attached hydrogens (tertiary/aromatic N) is 1. The van der Waals surface area contributed by atoms with Crippen LogP contribution in [0.15, 0.2) is 69.1 Å². The molecule has 1 fully saturated rings. The van der Waals surface area contributed by atoms with E-state index < -0.39 is 26.0 Å². The molecule has 9 nitrogen and oxygen atoms in total. The van der Waals surface area contributed by atoms with Crippen molar-refractivity contribution < 1.29 is 26.4 Å². The van der Waals surface area contributed by atoms with Gasteiger partial charge in [-0.05, 0) is 53.9 Å². The number of thiophene rings is 1. The summed E-state index contributed by atoms with van der Waals surface area (Å²) < 4.78 is 59.8. The lowest BCUT2D eigenvalue weighted by Gasteiger charge is -2.26. The largest absolute Gasteiger partial charge is 0.379 e. The molecule has 0 atom stereocenters. The molecule has 0 saturated carbocycles. The van der Waals surface area contributed by atoms with Gasteiger partial charge >= 0.3 is 0 Å². The van der Waals surface area contributed by atoms with Gasteiger partial charge in [0.2, 0.25) is 10.0 Å². The summed E-state index contributed by atoms with van der Waals surface area (Å²) in [7, 11) is -7.55. The molecule has 1 saturated heterocycles. The van der Waals surface area contributed by atoms with Crippen LogP contribution in [0.3, 0.4) is 0 Å². The average molecular weight is 542 g/mol. The SMILES string of the molecule is O=C(Nc1ccc(S(=O)(=O)N2CCOCC2)cc1)c1cc(Cl)ccc1NS(=O)(=O)c1cccs1. The topological polar surface area (TPSA) is 122 Å². The molecule has 3 aromatic rings. The van der Waals surface area contributed by atoms with E-state index in [2.05, 4.69) is 10.0 Å². The smallest absolute Gasteiger partial charge is 0.271 e. The van der Waals surface area contributed by atoms with Gasteiger partial charge in [0.1, 0.15) is 4.21 Å². The van der Waals surface area contributed by atoms with Crippen molar-refractivity contribution in [3.05, 3.63) is 70.6 Å². The monoisotopic (exact) mass is 541 g/mol. The van der Waals surface area contributed by atoms with Crippen molar-refractivity contribution in [2.75, 3.05) is 36.3 Å². The van der Waals surface area contributed by atoms with E-state index in [0.29, 0.717) is 18.9 Å². The number of hydrogen-bond donors (Lipinski definition) is 2. The molecule has 13 heteroatoms. The first kappa shape index (κ1) is 24.6. The first-order chi connectivity index (χ1) is 16.2. The summed E-state index contributed by atoms with van der Waals surface area (Å²) in [6, 6.07) is 13.0. The number of rotatable bonds is 7. The number of anilines is 2. The van der Waals surface area contributed by atoms with Crippen LogP contribution in [0.25, 0.3) is 0 Å². The predicted octanol–water partition coefficient (Wildman–Crippen LogP) is 3.48. The second-order valence-electron chi connectivity index (χ2n) is 7.22. The van der Waals surface area contributed by atoms with Crippen molar-refractivity contribution in [1.29, 1.82) is 0 Å². The summed E-state index contributed by atoms with van der Waals surface area (Å²) in [5, 5.41) is 4.52. The summed E-state index contributed by atoms with van der Waals surface area (Å²) in [6.45, 7) is 1.23. The van der Waals surface area contributed by atoms with Crippen molar-refractivity contribution in [1.82, 2.24) is 4.31 Å². The number of benzene rings is 2. The molecule has 180 valence electrons. The summed E-state index contributed by atoms with van der Waals surface area (Å²) >= 11 is 7.09. The van der Waals surface area contributed by atoms with Crippen LogP contribution in [0.5, 0.6) is 0 Å². The Balaban J connectivity index is 1.53. The number of nitrogens with one attached hydrogen (secondary N) is 2. The minimum atomic E-state index is -3.88. The van der Waals surface area contributed by atoms with Gasteiger partial charge in [-0.15, -0.1) is 11.3 Å². The van der Waals surface area contributed by atoms with Crippen LogP contribution in [0.1, 0.15) is 10.4 Å². The number of hydrogen-bond acceptors (Lipinski definition) is 7. The van der Waals surface area contributed by atoms with Crippen molar-refractivity contribution in [2.24, 2.45) is 0 Å². The summed E-state index contributed by atoms with van der Waals surface area (Å²) in [5.41, 5.74) is 0.400. The molecule has 0 aliphatic carbocycles. The van der Waals surface area contributed by atoms with Crippen LogP contribution in [-0.4, -0.2) is 53.4 Å². The molecule has 0 radical (unpaired) electrons. The number of ether oxygens (including phenoxy) is 1. The fourth-order valence-electron chi connectivity index (χ4n) is 3.25. The predicted molar refractivity (Wildman–Crippen MR) is 131 cm³/mol. The van der Waals surface area contributed by atoms with Gasteiger partial charge in [0.05, 0.1) is 29.4 Å². The Labute approximate surface area is 206 Å². The van der Waals surface area contributed by atoms with Crippen LogP contribution in [-0.2, 0) is 24.8 Å². The fraction of sp³-hybridized carbons (Fsp3) is 0.190. The highest BCUT2D eigenvalue weighted by Gasteiger charge is 2.26. The standard InChI is InChI=1S/C21H20ClN3O6S3/c22-15-3-8-19(24-33(27,28)20-2-1-13-32-20)18(14-15)21(26)23-16-4-6-17(7-5-16)34(29,30)25-9-11-31-12-10-25/h1-8,13-14,24H,9-12H2,(H,23,26). The molecule has 1 aromatic heterocycles.